The van der Waals surface area contributed by atoms with E-state index < -0.39 is 0 Å². The van der Waals surface area contributed by atoms with Gasteiger partial charge in [-0.25, -0.2) is 0 Å². The molecule has 1 fully saturated rings. The molecule has 1 aliphatic carbocycles. The number of halogens is 2. The molecule has 0 aliphatic heterocycles. The predicted octanol–water partition coefficient (Wildman–Crippen LogP) is 4.20. The molecular formula is C11H13Cl2N. The van der Waals surface area contributed by atoms with Crippen molar-refractivity contribution in [2.45, 2.75) is 25.8 Å². The number of benzene rings is 1. The fourth-order valence-corrected chi connectivity index (χ4v) is 2.19. The number of hydrogen-bond acceptors (Lipinski definition) is 1. The molecule has 0 radical (unpaired) electrons. The summed E-state index contributed by atoms with van der Waals surface area (Å²) in [6.07, 6.45) is 2.45. The van der Waals surface area contributed by atoms with Crippen LogP contribution < -0.4 is 5.32 Å². The molecule has 76 valence electrons. The van der Waals surface area contributed by atoms with E-state index in [0.29, 0.717) is 6.04 Å². The van der Waals surface area contributed by atoms with Crippen LogP contribution in [0.15, 0.2) is 18.2 Å². The van der Waals surface area contributed by atoms with E-state index in [1.54, 1.807) is 6.07 Å². The molecule has 0 aromatic heterocycles. The highest BCUT2D eigenvalue weighted by atomic mass is 35.5. The van der Waals surface area contributed by atoms with Crippen LogP contribution in [0, 0.1) is 5.92 Å². The summed E-state index contributed by atoms with van der Waals surface area (Å²) in [5.74, 6) is 0.838. The van der Waals surface area contributed by atoms with E-state index in [2.05, 4.69) is 12.2 Å². The zero-order valence-electron chi connectivity index (χ0n) is 8.06. The zero-order chi connectivity index (χ0) is 10.1. The van der Waals surface area contributed by atoms with Crippen LogP contribution in [0.1, 0.15) is 19.8 Å². The van der Waals surface area contributed by atoms with Gasteiger partial charge in [0.1, 0.15) is 0 Å². The van der Waals surface area contributed by atoms with Crippen molar-refractivity contribution in [1.29, 1.82) is 0 Å². The van der Waals surface area contributed by atoms with Gasteiger partial charge in [0.05, 0.1) is 10.7 Å². The molecule has 1 nitrogen and oxygen atoms in total. The van der Waals surface area contributed by atoms with Crippen molar-refractivity contribution < 1.29 is 0 Å². The quantitative estimate of drug-likeness (QED) is 0.802. The molecule has 0 amide bonds. The minimum absolute atomic E-state index is 0.570. The second kappa shape index (κ2) is 4.00. The molecule has 1 aliphatic rings. The van der Waals surface area contributed by atoms with Gasteiger partial charge in [0.25, 0.3) is 0 Å². The van der Waals surface area contributed by atoms with Gasteiger partial charge < -0.3 is 5.32 Å². The Morgan fingerprint density at radius 1 is 1.29 bits per heavy atom. The minimum Gasteiger partial charge on any atom is -0.381 e. The normalized spacial score (nSPS) is 25.6. The molecule has 0 unspecified atom stereocenters. The van der Waals surface area contributed by atoms with Crippen LogP contribution in [-0.2, 0) is 0 Å². The Morgan fingerprint density at radius 3 is 2.64 bits per heavy atom. The van der Waals surface area contributed by atoms with Crippen LogP contribution in [0.2, 0.25) is 10.0 Å². The monoisotopic (exact) mass is 229 g/mol. The predicted molar refractivity (Wildman–Crippen MR) is 62.3 cm³/mol. The molecular weight excluding hydrogens is 217 g/mol. The molecule has 1 aromatic carbocycles. The molecule has 1 aromatic rings. The van der Waals surface area contributed by atoms with Gasteiger partial charge in [-0.2, -0.15) is 0 Å². The fraction of sp³-hybridized carbons (Fsp3) is 0.455. The summed E-state index contributed by atoms with van der Waals surface area (Å²) in [6, 6.07) is 6.08. The highest BCUT2D eigenvalue weighted by molar-refractivity contribution is 6.35. The molecule has 0 atom stereocenters. The second-order valence-corrected chi connectivity index (χ2v) is 4.89. The van der Waals surface area contributed by atoms with Gasteiger partial charge in [0.2, 0.25) is 0 Å². The molecule has 14 heavy (non-hydrogen) atoms. The Kier molecular flexibility index (Phi) is 2.89. The van der Waals surface area contributed by atoms with Gasteiger partial charge in [-0.3, -0.25) is 0 Å². The smallest absolute Gasteiger partial charge is 0.0638 e. The van der Waals surface area contributed by atoms with Crippen molar-refractivity contribution in [3.8, 4) is 0 Å². The summed E-state index contributed by atoms with van der Waals surface area (Å²) in [6.45, 7) is 2.26. The van der Waals surface area contributed by atoms with Crippen molar-refractivity contribution in [3.05, 3.63) is 28.2 Å². The first-order chi connectivity index (χ1) is 6.65. The first kappa shape index (κ1) is 10.1. The lowest BCUT2D eigenvalue weighted by atomic mass is 9.82. The molecule has 0 saturated heterocycles. The summed E-state index contributed by atoms with van der Waals surface area (Å²) in [7, 11) is 0. The van der Waals surface area contributed by atoms with Gasteiger partial charge in [-0.1, -0.05) is 30.1 Å². The Morgan fingerprint density at radius 2 is 2.00 bits per heavy atom. The van der Waals surface area contributed by atoms with Crippen molar-refractivity contribution in [2.75, 3.05) is 5.32 Å². The average molecular weight is 230 g/mol. The van der Waals surface area contributed by atoms with E-state index in [1.165, 1.54) is 12.8 Å². The van der Waals surface area contributed by atoms with Crippen molar-refractivity contribution >= 4 is 28.9 Å². The molecule has 2 rings (SSSR count). The summed E-state index contributed by atoms with van der Waals surface area (Å²) >= 11 is 11.9. The van der Waals surface area contributed by atoms with Gasteiger partial charge in [0, 0.05) is 11.1 Å². The maximum absolute atomic E-state index is 6.04. The van der Waals surface area contributed by atoms with Gasteiger partial charge in [-0.15, -0.1) is 0 Å². The lowest BCUT2D eigenvalue weighted by Crippen LogP contribution is -2.33. The summed E-state index contributed by atoms with van der Waals surface area (Å²) in [4.78, 5) is 0. The largest absolute Gasteiger partial charge is 0.381 e. The highest BCUT2D eigenvalue weighted by Crippen LogP contribution is 2.33. The molecule has 1 saturated carbocycles. The first-order valence-electron chi connectivity index (χ1n) is 4.87. The number of anilines is 1. The van der Waals surface area contributed by atoms with Gasteiger partial charge in [-0.05, 0) is 37.0 Å². The maximum Gasteiger partial charge on any atom is 0.0638 e. The van der Waals surface area contributed by atoms with E-state index in [1.807, 2.05) is 12.1 Å². The molecule has 0 bridgehead atoms. The second-order valence-electron chi connectivity index (χ2n) is 4.04. The molecule has 0 spiro atoms. The SMILES string of the molecule is CC1CC(Nc2cc(Cl)ccc2Cl)C1. The summed E-state index contributed by atoms with van der Waals surface area (Å²) in [5.41, 5.74) is 0.955. The molecule has 1 N–H and O–H groups in total. The topological polar surface area (TPSA) is 12.0 Å². The number of rotatable bonds is 2. The van der Waals surface area contributed by atoms with E-state index in [4.69, 9.17) is 23.2 Å². The van der Waals surface area contributed by atoms with Crippen molar-refractivity contribution in [1.82, 2.24) is 0 Å². The van der Waals surface area contributed by atoms with Crippen LogP contribution in [0.3, 0.4) is 0 Å². The highest BCUT2D eigenvalue weighted by Gasteiger charge is 2.25. The Balaban J connectivity index is 2.05. The summed E-state index contributed by atoms with van der Waals surface area (Å²) < 4.78 is 0. The number of hydrogen-bond donors (Lipinski definition) is 1. The van der Waals surface area contributed by atoms with Crippen molar-refractivity contribution in [3.63, 3.8) is 0 Å². The van der Waals surface area contributed by atoms with E-state index >= 15 is 0 Å². The first-order valence-corrected chi connectivity index (χ1v) is 5.62. The maximum atomic E-state index is 6.04. The van der Waals surface area contributed by atoms with E-state index in [-0.39, 0.29) is 0 Å². The van der Waals surface area contributed by atoms with Crippen molar-refractivity contribution in [2.24, 2.45) is 5.92 Å². The third-order valence-electron chi connectivity index (χ3n) is 2.66. The third kappa shape index (κ3) is 2.15. The van der Waals surface area contributed by atoms with Crippen LogP contribution in [-0.4, -0.2) is 6.04 Å². The Labute approximate surface area is 94.4 Å². The Bertz CT molecular complexity index is 332. The van der Waals surface area contributed by atoms with Crippen LogP contribution in [0.25, 0.3) is 0 Å². The third-order valence-corrected chi connectivity index (χ3v) is 3.23. The number of nitrogens with one attached hydrogen (secondary N) is 1. The van der Waals surface area contributed by atoms with Crippen LogP contribution in [0.5, 0.6) is 0 Å². The summed E-state index contributed by atoms with van der Waals surface area (Å²) in [5, 5.41) is 4.87. The van der Waals surface area contributed by atoms with Gasteiger partial charge in [0.15, 0.2) is 0 Å². The lowest BCUT2D eigenvalue weighted by Gasteiger charge is -2.34. The van der Waals surface area contributed by atoms with E-state index in [0.717, 1.165) is 21.7 Å². The fourth-order valence-electron chi connectivity index (χ4n) is 1.85. The standard InChI is InChI=1S/C11H13Cl2N/c1-7-4-9(5-7)14-11-6-8(12)2-3-10(11)13/h2-3,6-7,9,14H,4-5H2,1H3. The van der Waals surface area contributed by atoms with Gasteiger partial charge >= 0.3 is 0 Å². The van der Waals surface area contributed by atoms with Crippen LogP contribution in [0.4, 0.5) is 5.69 Å². The molecule has 3 heteroatoms. The zero-order valence-corrected chi connectivity index (χ0v) is 9.57. The van der Waals surface area contributed by atoms with Crippen LogP contribution >= 0.6 is 23.2 Å². The Hall–Kier alpha value is -0.400. The minimum atomic E-state index is 0.570. The van der Waals surface area contributed by atoms with E-state index in [9.17, 15) is 0 Å². The molecule has 0 heterocycles. The average Bonchev–Trinajstić information content (AvgIpc) is 2.09. The lowest BCUT2D eigenvalue weighted by molar-refractivity contribution is 0.309.